The van der Waals surface area contributed by atoms with Crippen molar-refractivity contribution in [3.05, 3.63) is 59.2 Å². The van der Waals surface area contributed by atoms with Crippen molar-refractivity contribution in [2.24, 2.45) is 7.05 Å². The van der Waals surface area contributed by atoms with Crippen LogP contribution in [0.1, 0.15) is 48.3 Å². The fourth-order valence-electron chi connectivity index (χ4n) is 3.68. The van der Waals surface area contributed by atoms with Gasteiger partial charge in [0.25, 0.3) is 10.0 Å². The van der Waals surface area contributed by atoms with Gasteiger partial charge in [-0.05, 0) is 53.3 Å². The van der Waals surface area contributed by atoms with Gasteiger partial charge in [-0.2, -0.15) is 13.5 Å². The number of aromatic nitrogens is 3. The van der Waals surface area contributed by atoms with Crippen LogP contribution in [0, 0.1) is 5.82 Å². The molecule has 1 amide bonds. The molecule has 3 rings (SSSR count). The number of nitrogens with one attached hydrogen (secondary N) is 1. The van der Waals surface area contributed by atoms with E-state index in [2.05, 4.69) is 10.1 Å². The van der Waals surface area contributed by atoms with Crippen molar-refractivity contribution in [2.45, 2.75) is 38.1 Å². The Morgan fingerprint density at radius 1 is 1.19 bits per heavy atom. The van der Waals surface area contributed by atoms with E-state index in [9.17, 15) is 22.4 Å². The molecule has 0 saturated carbocycles. The molecule has 3 aromatic rings. The lowest BCUT2D eigenvalue weighted by Gasteiger charge is -2.18. The van der Waals surface area contributed by atoms with Crippen LogP contribution in [0.3, 0.4) is 0 Å². The average molecular weight is 519 g/mol. The van der Waals surface area contributed by atoms with Gasteiger partial charge in [0.15, 0.2) is 5.03 Å². The van der Waals surface area contributed by atoms with Crippen LogP contribution in [0.25, 0.3) is 11.1 Å². The highest BCUT2D eigenvalue weighted by molar-refractivity contribution is 7.90. The van der Waals surface area contributed by atoms with Crippen LogP contribution in [0.4, 0.5) is 4.39 Å². The summed E-state index contributed by atoms with van der Waals surface area (Å²) in [6, 6.07) is 6.88. The second-order valence-electron chi connectivity index (χ2n) is 8.18. The van der Waals surface area contributed by atoms with Gasteiger partial charge in [-0.15, -0.1) is 0 Å². The molecule has 1 aromatic carbocycles. The third-order valence-electron chi connectivity index (χ3n) is 5.33. The number of carbonyl (C=O) groups excluding carboxylic acids is 2. The maximum Gasteiger partial charge on any atom is 0.356 e. The van der Waals surface area contributed by atoms with Crippen LogP contribution in [0.15, 0.2) is 41.6 Å². The number of hydrogen-bond donors (Lipinski definition) is 1. The van der Waals surface area contributed by atoms with Crippen LogP contribution in [-0.2, 0) is 33.0 Å². The predicted octanol–water partition coefficient (Wildman–Crippen LogP) is 2.98. The first-order chi connectivity index (χ1) is 17.0. The highest BCUT2D eigenvalue weighted by Crippen LogP contribution is 2.33. The molecule has 0 radical (unpaired) electrons. The van der Waals surface area contributed by atoms with Gasteiger partial charge in [-0.3, -0.25) is 9.48 Å². The van der Waals surface area contributed by atoms with Crippen molar-refractivity contribution >= 4 is 21.9 Å². The molecule has 0 fully saturated rings. The van der Waals surface area contributed by atoms with E-state index in [-0.39, 0.29) is 24.6 Å². The molecule has 192 valence electrons. The Kier molecular flexibility index (Phi) is 8.08. The summed E-state index contributed by atoms with van der Waals surface area (Å²) in [6.45, 7) is 5.40. The topological polar surface area (TPSA) is 129 Å². The fraction of sp³-hybridized carbons (Fsp3) is 0.333. The number of ether oxygens (including phenoxy) is 2. The van der Waals surface area contributed by atoms with E-state index >= 15 is 0 Å². The summed E-state index contributed by atoms with van der Waals surface area (Å²) >= 11 is 0. The molecule has 36 heavy (non-hydrogen) atoms. The molecule has 0 spiro atoms. The van der Waals surface area contributed by atoms with Gasteiger partial charge in [0.2, 0.25) is 11.8 Å². The number of amides is 1. The Bertz CT molecular complexity index is 1400. The van der Waals surface area contributed by atoms with E-state index in [4.69, 9.17) is 9.47 Å². The minimum atomic E-state index is -4.40. The van der Waals surface area contributed by atoms with Crippen molar-refractivity contribution in [3.63, 3.8) is 0 Å². The number of hydrogen-bond acceptors (Lipinski definition) is 8. The van der Waals surface area contributed by atoms with Crippen LogP contribution in [0.2, 0.25) is 0 Å². The number of rotatable bonds is 9. The summed E-state index contributed by atoms with van der Waals surface area (Å²) in [5.41, 5.74) is 1.89. The summed E-state index contributed by atoms with van der Waals surface area (Å²) in [6.07, 6.45) is 1.13. The van der Waals surface area contributed by atoms with Crippen molar-refractivity contribution in [1.82, 2.24) is 19.5 Å². The molecule has 10 nitrogen and oxygen atoms in total. The number of sulfonamides is 1. The van der Waals surface area contributed by atoms with Crippen LogP contribution >= 0.6 is 0 Å². The van der Waals surface area contributed by atoms with Crippen molar-refractivity contribution < 1.29 is 31.9 Å². The number of methoxy groups -OCH3 is 1. The van der Waals surface area contributed by atoms with Gasteiger partial charge < -0.3 is 9.47 Å². The quantitative estimate of drug-likeness (QED) is 0.428. The molecule has 12 heteroatoms. The van der Waals surface area contributed by atoms with Gasteiger partial charge in [0.05, 0.1) is 20.1 Å². The third-order valence-corrected chi connectivity index (χ3v) is 6.58. The fourth-order valence-corrected chi connectivity index (χ4v) is 4.66. The molecule has 0 atom stereocenters. The zero-order valence-electron chi connectivity index (χ0n) is 20.5. The minimum Gasteiger partial charge on any atom is -0.481 e. The maximum absolute atomic E-state index is 14.5. The van der Waals surface area contributed by atoms with Crippen LogP contribution < -0.4 is 9.46 Å². The summed E-state index contributed by atoms with van der Waals surface area (Å²) in [5.74, 6) is -1.96. The summed E-state index contributed by atoms with van der Waals surface area (Å²) in [5, 5.41) is 3.32. The highest BCUT2D eigenvalue weighted by Gasteiger charge is 2.26. The summed E-state index contributed by atoms with van der Waals surface area (Å²) < 4.78 is 53.3. The minimum absolute atomic E-state index is 0.0841. The number of aryl methyl sites for hydroxylation is 1. The molecule has 0 aliphatic rings. The van der Waals surface area contributed by atoms with Gasteiger partial charge >= 0.3 is 5.97 Å². The zero-order valence-corrected chi connectivity index (χ0v) is 21.3. The highest BCUT2D eigenvalue weighted by atomic mass is 32.2. The Hall–Kier alpha value is -3.80. The normalized spacial score (nSPS) is 11.4. The molecule has 2 heterocycles. The first-order valence-corrected chi connectivity index (χ1v) is 12.5. The molecule has 0 aliphatic heterocycles. The lowest BCUT2D eigenvalue weighted by molar-refractivity contribution is -0.118. The lowest BCUT2D eigenvalue weighted by atomic mass is 9.88. The number of esters is 1. The number of benzene rings is 1. The molecule has 0 unspecified atom stereocenters. The first kappa shape index (κ1) is 26.8. The largest absolute Gasteiger partial charge is 0.481 e. The van der Waals surface area contributed by atoms with E-state index in [0.29, 0.717) is 28.1 Å². The Balaban J connectivity index is 1.96. The number of halogens is 1. The maximum atomic E-state index is 14.5. The van der Waals surface area contributed by atoms with Crippen molar-refractivity contribution in [3.8, 4) is 17.0 Å². The van der Waals surface area contributed by atoms with Gasteiger partial charge in [0, 0.05) is 25.4 Å². The SMILES string of the molecule is CCOC(=O)c1cc(S(=O)(=O)NC(=O)Cc2c(-c3ccnc(OC)c3)cc(F)cc2C(C)C)nn1C. The van der Waals surface area contributed by atoms with E-state index in [0.717, 1.165) is 10.7 Å². The second-order valence-corrected chi connectivity index (χ2v) is 9.81. The van der Waals surface area contributed by atoms with E-state index < -0.39 is 32.7 Å². The Labute approximate surface area is 208 Å². The van der Waals surface area contributed by atoms with Gasteiger partial charge in [0.1, 0.15) is 11.5 Å². The smallest absolute Gasteiger partial charge is 0.356 e. The van der Waals surface area contributed by atoms with Crippen LogP contribution in [-0.4, -0.2) is 48.8 Å². The van der Waals surface area contributed by atoms with Crippen LogP contribution in [0.5, 0.6) is 5.88 Å². The summed E-state index contributed by atoms with van der Waals surface area (Å²) in [7, 11) is -1.57. The molecular formula is C24H27FN4O6S. The second kappa shape index (κ2) is 10.9. The monoisotopic (exact) mass is 518 g/mol. The predicted molar refractivity (Wildman–Crippen MR) is 128 cm³/mol. The zero-order chi connectivity index (χ0) is 26.6. The van der Waals surface area contributed by atoms with E-state index in [1.165, 1.54) is 32.5 Å². The molecule has 1 N–H and O–H groups in total. The molecule has 0 bridgehead atoms. The molecule has 0 saturated heterocycles. The molecular weight excluding hydrogens is 491 g/mol. The molecule has 2 aromatic heterocycles. The van der Waals surface area contributed by atoms with Gasteiger partial charge in [-0.25, -0.2) is 18.9 Å². The summed E-state index contributed by atoms with van der Waals surface area (Å²) in [4.78, 5) is 29.0. The number of nitrogens with zero attached hydrogens (tertiary/aromatic N) is 3. The lowest BCUT2D eigenvalue weighted by Crippen LogP contribution is -2.32. The number of pyridine rings is 1. The standard InChI is InChI=1S/C24H27FN4O6S/c1-6-35-24(31)20-13-23(27-29(20)4)36(32,33)28-21(30)12-19-17(14(2)3)10-16(25)11-18(19)15-7-8-26-22(9-15)34-5/h7-11,13-14H,6,12H2,1-5H3,(H,28,30). The Morgan fingerprint density at radius 3 is 2.56 bits per heavy atom. The Morgan fingerprint density at radius 2 is 1.92 bits per heavy atom. The third kappa shape index (κ3) is 5.88. The van der Waals surface area contributed by atoms with Crippen molar-refractivity contribution in [1.29, 1.82) is 0 Å². The number of carbonyl (C=O) groups is 2. The van der Waals surface area contributed by atoms with E-state index in [1.807, 2.05) is 18.6 Å². The van der Waals surface area contributed by atoms with Crippen molar-refractivity contribution in [2.75, 3.05) is 13.7 Å². The first-order valence-electron chi connectivity index (χ1n) is 11.1. The van der Waals surface area contributed by atoms with E-state index in [1.54, 1.807) is 19.1 Å². The van der Waals surface area contributed by atoms with Gasteiger partial charge in [-0.1, -0.05) is 13.8 Å². The molecule has 0 aliphatic carbocycles. The average Bonchev–Trinajstić information content (AvgIpc) is 3.22.